The van der Waals surface area contributed by atoms with Crippen molar-refractivity contribution < 1.29 is 8.42 Å². The van der Waals surface area contributed by atoms with Crippen LogP contribution >= 0.6 is 0 Å². The van der Waals surface area contributed by atoms with Crippen LogP contribution in [0.2, 0.25) is 0 Å². The Balaban J connectivity index is 1.76. The molecule has 100 valence electrons. The highest BCUT2D eigenvalue weighted by Gasteiger charge is 2.17. The van der Waals surface area contributed by atoms with Crippen LogP contribution in [0.4, 0.5) is 0 Å². The molecule has 0 aromatic carbocycles. The highest BCUT2D eigenvalue weighted by molar-refractivity contribution is 7.89. The second-order valence-corrected chi connectivity index (χ2v) is 6.49. The molecule has 0 amide bonds. The van der Waals surface area contributed by atoms with Gasteiger partial charge >= 0.3 is 0 Å². The summed E-state index contributed by atoms with van der Waals surface area (Å²) in [6.07, 6.45) is 6.06. The quantitative estimate of drug-likeness (QED) is 0.779. The van der Waals surface area contributed by atoms with E-state index in [9.17, 15) is 8.42 Å². The fourth-order valence-electron chi connectivity index (χ4n) is 2.03. The van der Waals surface area contributed by atoms with Crippen LogP contribution in [0.3, 0.4) is 0 Å². The summed E-state index contributed by atoms with van der Waals surface area (Å²) >= 11 is 0. The molecule has 1 aromatic heterocycles. The van der Waals surface area contributed by atoms with Crippen molar-refractivity contribution in [3.8, 4) is 0 Å². The zero-order valence-corrected chi connectivity index (χ0v) is 11.1. The lowest BCUT2D eigenvalue weighted by atomic mass is 10.2. The van der Waals surface area contributed by atoms with Gasteiger partial charge in [0.25, 0.3) is 0 Å². The number of nitrogens with one attached hydrogen (secondary N) is 2. The number of nitrogens with zero attached hydrogens (tertiary/aromatic N) is 1. The smallest absolute Gasteiger partial charge is 0.211 e. The zero-order valence-electron chi connectivity index (χ0n) is 10.3. The molecule has 2 rings (SSSR count). The van der Waals surface area contributed by atoms with Crippen LogP contribution < -0.4 is 10.0 Å². The van der Waals surface area contributed by atoms with Crippen molar-refractivity contribution in [1.29, 1.82) is 0 Å². The van der Waals surface area contributed by atoms with E-state index < -0.39 is 10.0 Å². The van der Waals surface area contributed by atoms with Crippen LogP contribution in [0.1, 0.15) is 18.4 Å². The number of aryl methyl sites for hydroxylation is 1. The van der Waals surface area contributed by atoms with Crippen molar-refractivity contribution in [3.63, 3.8) is 0 Å². The van der Waals surface area contributed by atoms with E-state index in [2.05, 4.69) is 15.0 Å². The fraction of sp³-hybridized carbons (Fsp3) is 0.583. The standard InChI is InChI=1S/C12H19N3O2S/c16-18(17,15-10-12-2-1-6-14-12)9-5-11-3-7-13-8-4-11/h3-4,7-8,12,14-15H,1-2,5-6,9-10H2. The molecule has 1 saturated heterocycles. The van der Waals surface area contributed by atoms with E-state index in [-0.39, 0.29) is 5.75 Å². The van der Waals surface area contributed by atoms with Gasteiger partial charge in [-0.2, -0.15) is 0 Å². The summed E-state index contributed by atoms with van der Waals surface area (Å²) in [6, 6.07) is 3.97. The van der Waals surface area contributed by atoms with Crippen molar-refractivity contribution in [1.82, 2.24) is 15.0 Å². The van der Waals surface area contributed by atoms with Gasteiger partial charge < -0.3 is 5.32 Å². The van der Waals surface area contributed by atoms with Gasteiger partial charge in [-0.05, 0) is 43.5 Å². The molecular formula is C12H19N3O2S. The van der Waals surface area contributed by atoms with Crippen molar-refractivity contribution in [3.05, 3.63) is 30.1 Å². The van der Waals surface area contributed by atoms with Gasteiger partial charge in [-0.15, -0.1) is 0 Å². The summed E-state index contributed by atoms with van der Waals surface area (Å²) in [5.41, 5.74) is 0.995. The van der Waals surface area contributed by atoms with E-state index in [1.54, 1.807) is 12.4 Å². The number of pyridine rings is 1. The number of hydrogen-bond donors (Lipinski definition) is 2. The van der Waals surface area contributed by atoms with Crippen LogP contribution in [0.15, 0.2) is 24.5 Å². The third-order valence-corrected chi connectivity index (χ3v) is 4.47. The lowest BCUT2D eigenvalue weighted by molar-refractivity contribution is 0.551. The number of aromatic nitrogens is 1. The Morgan fingerprint density at radius 3 is 2.83 bits per heavy atom. The summed E-state index contributed by atoms with van der Waals surface area (Å²) < 4.78 is 26.3. The Hall–Kier alpha value is -0.980. The lowest BCUT2D eigenvalue weighted by Gasteiger charge is -2.11. The molecule has 1 aliphatic rings. The van der Waals surface area contributed by atoms with Crippen molar-refractivity contribution in [2.75, 3.05) is 18.8 Å². The van der Waals surface area contributed by atoms with Crippen LogP contribution in [-0.4, -0.2) is 38.3 Å². The predicted octanol–water partition coefficient (Wildman–Crippen LogP) is 0.295. The third kappa shape index (κ3) is 4.36. The second kappa shape index (κ2) is 6.26. The van der Waals surface area contributed by atoms with Gasteiger partial charge in [0.15, 0.2) is 0 Å². The molecule has 1 aromatic rings. The maximum atomic E-state index is 11.8. The first-order valence-corrected chi connectivity index (χ1v) is 7.90. The van der Waals surface area contributed by atoms with E-state index in [0.717, 1.165) is 24.9 Å². The average Bonchev–Trinajstić information content (AvgIpc) is 2.89. The molecule has 1 atom stereocenters. The molecule has 5 nitrogen and oxygen atoms in total. The minimum atomic E-state index is -3.18. The van der Waals surface area contributed by atoms with Gasteiger partial charge in [0, 0.05) is 25.0 Å². The van der Waals surface area contributed by atoms with Gasteiger partial charge in [-0.25, -0.2) is 13.1 Å². The van der Waals surface area contributed by atoms with Gasteiger partial charge in [-0.3, -0.25) is 4.98 Å². The second-order valence-electron chi connectivity index (χ2n) is 4.57. The zero-order chi connectivity index (χ0) is 12.8. The van der Waals surface area contributed by atoms with Gasteiger partial charge in [0.05, 0.1) is 5.75 Å². The van der Waals surface area contributed by atoms with E-state index >= 15 is 0 Å². The molecular weight excluding hydrogens is 250 g/mol. The maximum absolute atomic E-state index is 11.8. The molecule has 6 heteroatoms. The Kier molecular flexibility index (Phi) is 4.68. The largest absolute Gasteiger partial charge is 0.313 e. The van der Waals surface area contributed by atoms with Crippen molar-refractivity contribution >= 4 is 10.0 Å². The SMILES string of the molecule is O=S(=O)(CCc1ccncc1)NCC1CCCN1. The Morgan fingerprint density at radius 2 is 2.17 bits per heavy atom. The molecule has 2 heterocycles. The van der Waals surface area contributed by atoms with E-state index in [1.807, 2.05) is 12.1 Å². The Morgan fingerprint density at radius 1 is 1.39 bits per heavy atom. The molecule has 0 radical (unpaired) electrons. The third-order valence-electron chi connectivity index (χ3n) is 3.12. The molecule has 1 unspecified atom stereocenters. The molecule has 2 N–H and O–H groups in total. The maximum Gasteiger partial charge on any atom is 0.211 e. The van der Waals surface area contributed by atoms with Gasteiger partial charge in [-0.1, -0.05) is 0 Å². The van der Waals surface area contributed by atoms with Crippen LogP contribution in [0, 0.1) is 0 Å². The Bertz CT molecular complexity index is 455. The van der Waals surface area contributed by atoms with Crippen LogP contribution in [0.25, 0.3) is 0 Å². The number of rotatable bonds is 6. The molecule has 1 aliphatic heterocycles. The fourth-order valence-corrected chi connectivity index (χ4v) is 3.14. The molecule has 0 bridgehead atoms. The summed E-state index contributed by atoms with van der Waals surface area (Å²) in [4.78, 5) is 3.91. The molecule has 0 spiro atoms. The summed E-state index contributed by atoms with van der Waals surface area (Å²) in [7, 11) is -3.18. The molecule has 0 saturated carbocycles. The van der Waals surface area contributed by atoms with E-state index in [0.29, 0.717) is 19.0 Å². The molecule has 1 fully saturated rings. The van der Waals surface area contributed by atoms with Crippen LogP contribution in [0.5, 0.6) is 0 Å². The van der Waals surface area contributed by atoms with Gasteiger partial charge in [0.2, 0.25) is 10.0 Å². The number of sulfonamides is 1. The lowest BCUT2D eigenvalue weighted by Crippen LogP contribution is -2.38. The summed E-state index contributed by atoms with van der Waals surface area (Å²) in [5, 5.41) is 3.27. The summed E-state index contributed by atoms with van der Waals surface area (Å²) in [5.74, 6) is 0.129. The summed E-state index contributed by atoms with van der Waals surface area (Å²) in [6.45, 7) is 1.49. The van der Waals surface area contributed by atoms with Crippen LogP contribution in [-0.2, 0) is 16.4 Å². The first-order chi connectivity index (χ1) is 8.66. The minimum Gasteiger partial charge on any atom is -0.313 e. The van der Waals surface area contributed by atoms with Gasteiger partial charge in [0.1, 0.15) is 0 Å². The minimum absolute atomic E-state index is 0.129. The van der Waals surface area contributed by atoms with E-state index in [4.69, 9.17) is 0 Å². The topological polar surface area (TPSA) is 71.1 Å². The van der Waals surface area contributed by atoms with Crippen molar-refractivity contribution in [2.45, 2.75) is 25.3 Å². The Labute approximate surface area is 108 Å². The average molecular weight is 269 g/mol. The number of hydrogen-bond acceptors (Lipinski definition) is 4. The van der Waals surface area contributed by atoms with E-state index in [1.165, 1.54) is 0 Å². The highest BCUT2D eigenvalue weighted by atomic mass is 32.2. The highest BCUT2D eigenvalue weighted by Crippen LogP contribution is 2.04. The first kappa shape index (κ1) is 13.5. The molecule has 18 heavy (non-hydrogen) atoms. The first-order valence-electron chi connectivity index (χ1n) is 6.25. The molecule has 0 aliphatic carbocycles. The predicted molar refractivity (Wildman–Crippen MR) is 70.8 cm³/mol. The normalized spacial score (nSPS) is 20.1. The van der Waals surface area contributed by atoms with Crippen molar-refractivity contribution in [2.24, 2.45) is 0 Å². The monoisotopic (exact) mass is 269 g/mol.